The van der Waals surface area contributed by atoms with E-state index in [9.17, 15) is 24.0 Å². The summed E-state index contributed by atoms with van der Waals surface area (Å²) in [5.41, 5.74) is -0.347. The third-order valence-electron chi connectivity index (χ3n) is 3.92. The van der Waals surface area contributed by atoms with Crippen LogP contribution in [0.3, 0.4) is 0 Å². The Labute approximate surface area is 179 Å². The predicted molar refractivity (Wildman–Crippen MR) is 108 cm³/mol. The summed E-state index contributed by atoms with van der Waals surface area (Å²) < 4.78 is 9.93. The van der Waals surface area contributed by atoms with E-state index in [1.54, 1.807) is 34.6 Å². The van der Waals surface area contributed by atoms with E-state index in [4.69, 9.17) is 21.1 Å². The van der Waals surface area contributed by atoms with E-state index in [0.717, 1.165) is 16.7 Å². The second kappa shape index (κ2) is 10.2. The maximum absolute atomic E-state index is 12.6. The van der Waals surface area contributed by atoms with Gasteiger partial charge in [-0.1, -0.05) is 11.8 Å². The lowest BCUT2D eigenvalue weighted by Gasteiger charge is -2.46. The normalized spacial score (nSPS) is 18.6. The number of rotatable bonds is 8. The van der Waals surface area contributed by atoms with Gasteiger partial charge in [-0.2, -0.15) is 0 Å². The van der Waals surface area contributed by atoms with Gasteiger partial charge >= 0.3 is 11.9 Å². The van der Waals surface area contributed by atoms with Crippen LogP contribution in [0.4, 0.5) is 0 Å². The summed E-state index contributed by atoms with van der Waals surface area (Å²) in [5.74, 6) is -3.09. The number of Topliss-reactive ketones (excluding diaryl/α,β-unsaturated/α-hetero) is 1. The molecule has 1 saturated heterocycles. The van der Waals surface area contributed by atoms with Gasteiger partial charge in [0.15, 0.2) is 0 Å². The van der Waals surface area contributed by atoms with Gasteiger partial charge < -0.3 is 14.3 Å². The summed E-state index contributed by atoms with van der Waals surface area (Å²) in [6, 6.07) is 0. The number of β-lactam (4-membered cyclic amide) rings is 1. The minimum Gasteiger partial charge on any atom is -0.427 e. The zero-order valence-electron chi connectivity index (χ0n) is 17.4. The molecule has 0 aliphatic carbocycles. The Morgan fingerprint density at radius 1 is 1.10 bits per heavy atom. The van der Waals surface area contributed by atoms with Gasteiger partial charge in [-0.15, -0.1) is 11.6 Å². The maximum Gasteiger partial charge on any atom is 0.357 e. The SMILES string of the molecule is CC(=O)C[C@@H]1C(=O)N(C(C(=O)OCOC(=O)C(C)(C)C)=C(C)C)[C@@H]1SC(=O)CCl. The van der Waals surface area contributed by atoms with Crippen LogP contribution in [0.25, 0.3) is 0 Å². The Morgan fingerprint density at radius 2 is 1.69 bits per heavy atom. The molecule has 0 bridgehead atoms. The number of hydrogen-bond acceptors (Lipinski definition) is 8. The molecule has 1 fully saturated rings. The van der Waals surface area contributed by atoms with E-state index >= 15 is 0 Å². The lowest BCUT2D eigenvalue weighted by Crippen LogP contribution is -2.60. The molecule has 162 valence electrons. The zero-order valence-corrected chi connectivity index (χ0v) is 18.9. The quantitative estimate of drug-likeness (QED) is 0.184. The smallest absolute Gasteiger partial charge is 0.357 e. The number of esters is 2. The van der Waals surface area contributed by atoms with Crippen LogP contribution < -0.4 is 0 Å². The van der Waals surface area contributed by atoms with Crippen molar-refractivity contribution in [1.29, 1.82) is 0 Å². The number of likely N-dealkylation sites (tertiary alicyclic amines) is 1. The van der Waals surface area contributed by atoms with Crippen molar-refractivity contribution in [3.05, 3.63) is 11.3 Å². The summed E-state index contributed by atoms with van der Waals surface area (Å²) >= 11 is 6.36. The number of thioether (sulfide) groups is 1. The maximum atomic E-state index is 12.6. The fraction of sp³-hybridized carbons (Fsp3) is 0.632. The second-order valence-electron chi connectivity index (χ2n) is 7.81. The topological polar surface area (TPSA) is 107 Å². The zero-order chi connectivity index (χ0) is 22.5. The molecule has 0 saturated carbocycles. The van der Waals surface area contributed by atoms with Gasteiger partial charge in [-0.05, 0) is 47.1 Å². The molecule has 0 radical (unpaired) electrons. The number of carbonyl (C=O) groups is 5. The van der Waals surface area contributed by atoms with Crippen molar-refractivity contribution >= 4 is 52.1 Å². The molecule has 1 heterocycles. The van der Waals surface area contributed by atoms with Crippen molar-refractivity contribution in [2.24, 2.45) is 11.3 Å². The van der Waals surface area contributed by atoms with Crippen LogP contribution in [0, 0.1) is 11.3 Å². The van der Waals surface area contributed by atoms with Crippen LogP contribution in [-0.2, 0) is 33.4 Å². The van der Waals surface area contributed by atoms with Crippen molar-refractivity contribution in [3.63, 3.8) is 0 Å². The molecular formula is C19H26ClNO7S. The van der Waals surface area contributed by atoms with Gasteiger partial charge in [0.25, 0.3) is 0 Å². The molecule has 0 spiro atoms. The number of ketones is 1. The average molecular weight is 448 g/mol. The van der Waals surface area contributed by atoms with Crippen LogP contribution in [-0.4, -0.2) is 51.7 Å². The fourth-order valence-electron chi connectivity index (χ4n) is 2.52. The van der Waals surface area contributed by atoms with Gasteiger partial charge in [0.05, 0.1) is 17.2 Å². The molecular weight excluding hydrogens is 422 g/mol. The van der Waals surface area contributed by atoms with E-state index in [0.29, 0.717) is 5.57 Å². The fourth-order valence-corrected chi connectivity index (χ4v) is 3.74. The highest BCUT2D eigenvalue weighted by atomic mass is 35.5. The van der Waals surface area contributed by atoms with Gasteiger partial charge in [0, 0.05) is 6.42 Å². The number of halogens is 1. The standard InChI is InChI=1S/C19H26ClNO7S/c1-10(2)14(17(25)27-9-28-18(26)19(4,5)6)21-15(24)12(7-11(3)22)16(21)29-13(23)8-20/h12,16H,7-9H2,1-6H3/t12-,16-/m1/s1. The summed E-state index contributed by atoms with van der Waals surface area (Å²) in [6.07, 6.45) is -0.0448. The van der Waals surface area contributed by atoms with Crippen LogP contribution >= 0.6 is 23.4 Å². The number of amides is 1. The van der Waals surface area contributed by atoms with Crippen molar-refractivity contribution in [1.82, 2.24) is 4.90 Å². The Kier molecular flexibility index (Phi) is 8.89. The Hall–Kier alpha value is -1.87. The highest BCUT2D eigenvalue weighted by Crippen LogP contribution is 2.41. The minimum atomic E-state index is -0.870. The molecule has 0 aromatic rings. The monoisotopic (exact) mass is 447 g/mol. The summed E-state index contributed by atoms with van der Waals surface area (Å²) in [5, 5.41) is -1.13. The van der Waals surface area contributed by atoms with Gasteiger partial charge in [0.2, 0.25) is 17.8 Å². The summed E-state index contributed by atoms with van der Waals surface area (Å²) in [4.78, 5) is 61.4. The molecule has 10 heteroatoms. The third-order valence-corrected chi connectivity index (χ3v) is 5.51. The lowest BCUT2D eigenvalue weighted by atomic mass is 9.91. The number of allylic oxidation sites excluding steroid dienone is 1. The Bertz CT molecular complexity index is 737. The first-order valence-corrected chi connectivity index (χ1v) is 10.3. The molecule has 2 atom stereocenters. The number of carbonyl (C=O) groups excluding carboxylic acids is 5. The molecule has 0 aromatic carbocycles. The largest absolute Gasteiger partial charge is 0.427 e. The second-order valence-corrected chi connectivity index (χ2v) is 9.26. The van der Waals surface area contributed by atoms with E-state index < -0.39 is 41.3 Å². The van der Waals surface area contributed by atoms with Crippen LogP contribution in [0.5, 0.6) is 0 Å². The van der Waals surface area contributed by atoms with Crippen LogP contribution in [0.2, 0.25) is 0 Å². The first-order chi connectivity index (χ1) is 13.3. The summed E-state index contributed by atoms with van der Waals surface area (Å²) in [7, 11) is 0. The summed E-state index contributed by atoms with van der Waals surface area (Å²) in [6.45, 7) is 8.92. The van der Waals surface area contributed by atoms with Crippen LogP contribution in [0.15, 0.2) is 11.3 Å². The third kappa shape index (κ3) is 6.57. The molecule has 0 unspecified atom stereocenters. The molecule has 1 aliphatic rings. The van der Waals surface area contributed by atoms with Crippen molar-refractivity contribution in [3.8, 4) is 0 Å². The van der Waals surface area contributed by atoms with Gasteiger partial charge in [-0.3, -0.25) is 19.3 Å². The van der Waals surface area contributed by atoms with Crippen molar-refractivity contribution in [2.45, 2.75) is 53.3 Å². The molecule has 0 N–H and O–H groups in total. The predicted octanol–water partition coefficient (Wildman–Crippen LogP) is 2.63. The molecule has 8 nitrogen and oxygen atoms in total. The Balaban J connectivity index is 2.98. The molecule has 0 aromatic heterocycles. The van der Waals surface area contributed by atoms with Crippen LogP contribution in [0.1, 0.15) is 48.0 Å². The van der Waals surface area contributed by atoms with Crippen molar-refractivity contribution in [2.75, 3.05) is 12.7 Å². The van der Waals surface area contributed by atoms with Crippen molar-refractivity contribution < 1.29 is 33.4 Å². The lowest BCUT2D eigenvalue weighted by molar-refractivity contribution is -0.173. The Morgan fingerprint density at radius 3 is 2.14 bits per heavy atom. The number of hydrogen-bond donors (Lipinski definition) is 0. The highest BCUT2D eigenvalue weighted by molar-refractivity contribution is 8.14. The van der Waals surface area contributed by atoms with E-state index in [2.05, 4.69) is 0 Å². The highest BCUT2D eigenvalue weighted by Gasteiger charge is 2.52. The first-order valence-electron chi connectivity index (χ1n) is 8.91. The minimum absolute atomic E-state index is 0.0448. The molecule has 1 amide bonds. The molecule has 1 aliphatic heterocycles. The number of alkyl halides is 1. The molecule has 29 heavy (non-hydrogen) atoms. The van der Waals surface area contributed by atoms with E-state index in [1.165, 1.54) is 6.92 Å². The number of nitrogens with zero attached hydrogens (tertiary/aromatic N) is 1. The van der Waals surface area contributed by atoms with Gasteiger partial charge in [0.1, 0.15) is 16.9 Å². The average Bonchev–Trinajstić information content (AvgIpc) is 2.61. The first kappa shape index (κ1) is 25.2. The molecule has 1 rings (SSSR count). The number of ether oxygens (including phenoxy) is 2. The van der Waals surface area contributed by atoms with Gasteiger partial charge in [-0.25, -0.2) is 4.79 Å². The van der Waals surface area contributed by atoms with E-state index in [1.807, 2.05) is 0 Å². The van der Waals surface area contributed by atoms with E-state index in [-0.39, 0.29) is 28.9 Å².